The van der Waals surface area contributed by atoms with E-state index in [-0.39, 0.29) is 11.3 Å². The van der Waals surface area contributed by atoms with Crippen LogP contribution in [-0.4, -0.2) is 22.6 Å². The van der Waals surface area contributed by atoms with Gasteiger partial charge in [-0.1, -0.05) is 20.8 Å². The standard InChI is InChI=1S/C12H21N3O/c1-8-10(9(2)15-14-8)11(16)13-7-6-12(3,4)5/h6-7H2,1-5H3,(H,13,16)(H,14,15). The summed E-state index contributed by atoms with van der Waals surface area (Å²) < 4.78 is 0. The Morgan fingerprint density at radius 1 is 1.38 bits per heavy atom. The second-order valence-electron chi connectivity index (χ2n) is 5.38. The van der Waals surface area contributed by atoms with E-state index >= 15 is 0 Å². The molecular weight excluding hydrogens is 202 g/mol. The number of aryl methyl sites for hydroxylation is 2. The lowest BCUT2D eigenvalue weighted by Gasteiger charge is -2.18. The number of hydrogen-bond donors (Lipinski definition) is 2. The Labute approximate surface area is 96.8 Å². The van der Waals surface area contributed by atoms with Crippen LogP contribution in [0.3, 0.4) is 0 Å². The van der Waals surface area contributed by atoms with Crippen LogP contribution in [0.4, 0.5) is 0 Å². The number of aromatic nitrogens is 2. The van der Waals surface area contributed by atoms with E-state index in [2.05, 4.69) is 36.3 Å². The summed E-state index contributed by atoms with van der Waals surface area (Å²) in [5.74, 6) is -0.0343. The van der Waals surface area contributed by atoms with E-state index < -0.39 is 0 Å². The Balaban J connectivity index is 2.54. The van der Waals surface area contributed by atoms with Gasteiger partial charge in [-0.25, -0.2) is 0 Å². The van der Waals surface area contributed by atoms with Crippen LogP contribution in [0, 0.1) is 19.3 Å². The zero-order valence-corrected chi connectivity index (χ0v) is 10.8. The molecule has 1 aromatic heterocycles. The molecule has 1 amide bonds. The number of H-pyrrole nitrogens is 1. The monoisotopic (exact) mass is 223 g/mol. The van der Waals surface area contributed by atoms with Crippen LogP contribution in [0.2, 0.25) is 0 Å². The van der Waals surface area contributed by atoms with E-state index in [0.29, 0.717) is 12.1 Å². The molecule has 0 aliphatic rings. The predicted octanol–water partition coefficient (Wildman–Crippen LogP) is 2.19. The molecule has 1 rings (SSSR count). The van der Waals surface area contributed by atoms with Crippen molar-refractivity contribution in [2.45, 2.75) is 41.0 Å². The van der Waals surface area contributed by atoms with E-state index in [1.807, 2.05) is 13.8 Å². The Hall–Kier alpha value is -1.32. The summed E-state index contributed by atoms with van der Waals surface area (Å²) in [7, 11) is 0. The molecule has 0 aliphatic heterocycles. The summed E-state index contributed by atoms with van der Waals surface area (Å²) in [6.07, 6.45) is 0.967. The highest BCUT2D eigenvalue weighted by Gasteiger charge is 2.16. The lowest BCUT2D eigenvalue weighted by molar-refractivity contribution is 0.0948. The summed E-state index contributed by atoms with van der Waals surface area (Å²) in [6.45, 7) is 10.9. The molecule has 0 fully saturated rings. The Bertz CT molecular complexity index is 355. The van der Waals surface area contributed by atoms with Gasteiger partial charge in [-0.3, -0.25) is 9.89 Å². The molecule has 0 aromatic carbocycles. The summed E-state index contributed by atoms with van der Waals surface area (Å²) in [5.41, 5.74) is 2.50. The Kier molecular flexibility index (Phi) is 3.73. The van der Waals surface area contributed by atoms with Crippen LogP contribution >= 0.6 is 0 Å². The number of carbonyl (C=O) groups is 1. The van der Waals surface area contributed by atoms with Gasteiger partial charge in [-0.2, -0.15) is 5.10 Å². The Morgan fingerprint density at radius 2 is 2.00 bits per heavy atom. The molecule has 0 unspecified atom stereocenters. The van der Waals surface area contributed by atoms with Gasteiger partial charge in [0.1, 0.15) is 0 Å². The van der Waals surface area contributed by atoms with E-state index in [9.17, 15) is 4.79 Å². The molecular formula is C12H21N3O. The first-order valence-electron chi connectivity index (χ1n) is 5.61. The third-order valence-corrected chi connectivity index (χ3v) is 2.52. The third kappa shape index (κ3) is 3.36. The second kappa shape index (κ2) is 4.68. The fourth-order valence-electron chi connectivity index (χ4n) is 1.52. The van der Waals surface area contributed by atoms with Crippen molar-refractivity contribution in [2.24, 2.45) is 5.41 Å². The van der Waals surface area contributed by atoms with Crippen LogP contribution < -0.4 is 5.32 Å². The molecule has 0 aliphatic carbocycles. The number of aromatic amines is 1. The lowest BCUT2D eigenvalue weighted by Crippen LogP contribution is -2.28. The van der Waals surface area contributed by atoms with Crippen molar-refractivity contribution < 1.29 is 4.79 Å². The van der Waals surface area contributed by atoms with Gasteiger partial charge < -0.3 is 5.32 Å². The predicted molar refractivity (Wildman–Crippen MR) is 64.5 cm³/mol. The average Bonchev–Trinajstić information content (AvgIpc) is 2.43. The van der Waals surface area contributed by atoms with Crippen molar-refractivity contribution in [1.82, 2.24) is 15.5 Å². The van der Waals surface area contributed by atoms with E-state index in [1.165, 1.54) is 0 Å². The van der Waals surface area contributed by atoms with Gasteiger partial charge in [0.2, 0.25) is 0 Å². The minimum absolute atomic E-state index is 0.0343. The molecule has 0 atom stereocenters. The fourth-order valence-corrected chi connectivity index (χ4v) is 1.52. The first-order valence-corrected chi connectivity index (χ1v) is 5.61. The number of carbonyl (C=O) groups excluding carboxylic acids is 1. The van der Waals surface area contributed by atoms with Crippen LogP contribution in [0.15, 0.2) is 0 Å². The van der Waals surface area contributed by atoms with Crippen LogP contribution in [0.1, 0.15) is 48.9 Å². The van der Waals surface area contributed by atoms with E-state index in [4.69, 9.17) is 0 Å². The molecule has 0 bridgehead atoms. The second-order valence-corrected chi connectivity index (χ2v) is 5.38. The lowest BCUT2D eigenvalue weighted by atomic mass is 9.92. The molecule has 0 spiro atoms. The highest BCUT2D eigenvalue weighted by molar-refractivity contribution is 5.96. The molecule has 0 saturated heterocycles. The molecule has 2 N–H and O–H groups in total. The van der Waals surface area contributed by atoms with Crippen molar-refractivity contribution in [3.05, 3.63) is 17.0 Å². The number of amides is 1. The van der Waals surface area contributed by atoms with Crippen molar-refractivity contribution in [3.63, 3.8) is 0 Å². The highest BCUT2D eigenvalue weighted by atomic mass is 16.1. The average molecular weight is 223 g/mol. The molecule has 0 radical (unpaired) electrons. The third-order valence-electron chi connectivity index (χ3n) is 2.52. The number of nitrogens with one attached hydrogen (secondary N) is 2. The summed E-state index contributed by atoms with van der Waals surface area (Å²) >= 11 is 0. The molecule has 90 valence electrons. The largest absolute Gasteiger partial charge is 0.352 e. The SMILES string of the molecule is Cc1n[nH]c(C)c1C(=O)NCCC(C)(C)C. The molecule has 0 saturated carbocycles. The Morgan fingerprint density at radius 3 is 2.44 bits per heavy atom. The normalized spacial score (nSPS) is 11.6. The molecule has 4 nitrogen and oxygen atoms in total. The van der Waals surface area contributed by atoms with E-state index in [0.717, 1.165) is 17.8 Å². The molecule has 4 heteroatoms. The van der Waals surface area contributed by atoms with Crippen molar-refractivity contribution in [1.29, 1.82) is 0 Å². The van der Waals surface area contributed by atoms with Crippen molar-refractivity contribution in [2.75, 3.05) is 6.54 Å². The number of hydrogen-bond acceptors (Lipinski definition) is 2. The molecule has 16 heavy (non-hydrogen) atoms. The molecule has 1 aromatic rings. The molecule has 1 heterocycles. The summed E-state index contributed by atoms with van der Waals surface area (Å²) in [5, 5.41) is 9.75. The summed E-state index contributed by atoms with van der Waals surface area (Å²) in [6, 6.07) is 0. The summed E-state index contributed by atoms with van der Waals surface area (Å²) in [4.78, 5) is 11.9. The van der Waals surface area contributed by atoms with Gasteiger partial charge in [0.25, 0.3) is 5.91 Å². The van der Waals surface area contributed by atoms with Crippen molar-refractivity contribution in [3.8, 4) is 0 Å². The smallest absolute Gasteiger partial charge is 0.255 e. The minimum atomic E-state index is -0.0343. The zero-order chi connectivity index (χ0) is 12.3. The fraction of sp³-hybridized carbons (Fsp3) is 0.667. The van der Waals surface area contributed by atoms with Gasteiger partial charge in [-0.05, 0) is 25.7 Å². The highest BCUT2D eigenvalue weighted by Crippen LogP contribution is 2.17. The maximum Gasteiger partial charge on any atom is 0.255 e. The van der Waals surface area contributed by atoms with Gasteiger partial charge >= 0.3 is 0 Å². The number of nitrogens with zero attached hydrogens (tertiary/aromatic N) is 1. The van der Waals surface area contributed by atoms with Crippen LogP contribution in [0.25, 0.3) is 0 Å². The topological polar surface area (TPSA) is 57.8 Å². The van der Waals surface area contributed by atoms with Crippen molar-refractivity contribution >= 4 is 5.91 Å². The van der Waals surface area contributed by atoms with Gasteiger partial charge in [0.05, 0.1) is 11.3 Å². The van der Waals surface area contributed by atoms with Gasteiger partial charge in [0.15, 0.2) is 0 Å². The maximum atomic E-state index is 11.9. The van der Waals surface area contributed by atoms with Gasteiger partial charge in [0, 0.05) is 12.2 Å². The van der Waals surface area contributed by atoms with E-state index in [1.54, 1.807) is 0 Å². The first kappa shape index (κ1) is 12.7. The zero-order valence-electron chi connectivity index (χ0n) is 10.8. The quantitative estimate of drug-likeness (QED) is 0.825. The minimum Gasteiger partial charge on any atom is -0.352 e. The number of rotatable bonds is 3. The maximum absolute atomic E-state index is 11.9. The first-order chi connectivity index (χ1) is 7.31. The van der Waals surface area contributed by atoms with Crippen LogP contribution in [0.5, 0.6) is 0 Å². The van der Waals surface area contributed by atoms with Crippen LogP contribution in [-0.2, 0) is 0 Å². The van der Waals surface area contributed by atoms with Gasteiger partial charge in [-0.15, -0.1) is 0 Å².